The second kappa shape index (κ2) is 5.48. The van der Waals surface area contributed by atoms with Gasteiger partial charge in [-0.2, -0.15) is 0 Å². The van der Waals surface area contributed by atoms with Crippen molar-refractivity contribution in [2.45, 2.75) is 24.7 Å². The maximum Gasteiger partial charge on any atom is 0.240 e. The molecule has 0 aromatic heterocycles. The summed E-state index contributed by atoms with van der Waals surface area (Å²) in [4.78, 5) is 0.213. The maximum atomic E-state index is 12.1. The van der Waals surface area contributed by atoms with Gasteiger partial charge in [-0.25, -0.2) is 13.1 Å². The highest BCUT2D eigenvalue weighted by Crippen LogP contribution is 2.44. The van der Waals surface area contributed by atoms with Crippen molar-refractivity contribution in [3.8, 4) is 5.75 Å². The van der Waals surface area contributed by atoms with Crippen molar-refractivity contribution < 1.29 is 18.3 Å². The van der Waals surface area contributed by atoms with Gasteiger partial charge in [0.2, 0.25) is 10.0 Å². The first-order chi connectivity index (χ1) is 9.01. The lowest BCUT2D eigenvalue weighted by molar-refractivity contribution is 0.213. The number of rotatable bonds is 7. The number of sulfonamides is 1. The van der Waals surface area contributed by atoms with Gasteiger partial charge in [-0.3, -0.25) is 0 Å². The summed E-state index contributed by atoms with van der Waals surface area (Å²) in [6, 6.07) is 6.31. The molecule has 0 amide bonds. The number of hydrogen-bond acceptors (Lipinski definition) is 4. The van der Waals surface area contributed by atoms with Gasteiger partial charge in [0, 0.05) is 18.6 Å². The molecule has 2 rings (SSSR count). The number of aliphatic hydroxyl groups excluding tert-OH is 1. The van der Waals surface area contributed by atoms with E-state index in [0.29, 0.717) is 18.9 Å². The Morgan fingerprint density at radius 2 is 1.95 bits per heavy atom. The topological polar surface area (TPSA) is 75.6 Å². The van der Waals surface area contributed by atoms with Crippen molar-refractivity contribution in [2.24, 2.45) is 5.41 Å². The van der Waals surface area contributed by atoms with Crippen LogP contribution in [-0.4, -0.2) is 33.3 Å². The fourth-order valence-electron chi connectivity index (χ4n) is 1.78. The molecule has 0 radical (unpaired) electrons. The molecule has 0 heterocycles. The number of hydrogen-bond donors (Lipinski definition) is 2. The molecule has 0 bridgehead atoms. The Morgan fingerprint density at radius 1 is 1.32 bits per heavy atom. The van der Waals surface area contributed by atoms with Crippen molar-refractivity contribution in [3.05, 3.63) is 24.3 Å². The van der Waals surface area contributed by atoms with Crippen LogP contribution >= 0.6 is 0 Å². The lowest BCUT2D eigenvalue weighted by Gasteiger charge is -2.13. The molecule has 0 aliphatic heterocycles. The Hall–Kier alpha value is -1.11. The molecular formula is C13H19NO4S. The lowest BCUT2D eigenvalue weighted by Crippen LogP contribution is -2.31. The second-order valence-corrected chi connectivity index (χ2v) is 6.65. The van der Waals surface area contributed by atoms with Crippen molar-refractivity contribution in [1.82, 2.24) is 4.72 Å². The molecule has 1 fully saturated rings. The zero-order valence-corrected chi connectivity index (χ0v) is 11.7. The fraction of sp³-hybridized carbons (Fsp3) is 0.538. The summed E-state index contributed by atoms with van der Waals surface area (Å²) in [5.74, 6) is 0.649. The highest BCUT2D eigenvalue weighted by molar-refractivity contribution is 7.89. The van der Waals surface area contributed by atoms with Crippen molar-refractivity contribution in [2.75, 3.05) is 19.8 Å². The first-order valence-electron chi connectivity index (χ1n) is 6.35. The van der Waals surface area contributed by atoms with Crippen LogP contribution in [0.5, 0.6) is 5.75 Å². The number of benzene rings is 1. The lowest BCUT2D eigenvalue weighted by atomic mass is 10.1. The van der Waals surface area contributed by atoms with Gasteiger partial charge in [-0.1, -0.05) is 0 Å². The molecule has 0 saturated heterocycles. The number of aliphatic hydroxyl groups is 1. The van der Waals surface area contributed by atoms with E-state index >= 15 is 0 Å². The Kier molecular flexibility index (Phi) is 4.13. The average molecular weight is 285 g/mol. The summed E-state index contributed by atoms with van der Waals surface area (Å²) < 4.78 is 31.9. The van der Waals surface area contributed by atoms with Gasteiger partial charge in [0.05, 0.1) is 11.5 Å². The van der Waals surface area contributed by atoms with E-state index in [1.165, 1.54) is 12.1 Å². The Bertz CT molecular complexity index is 520. The molecule has 1 aromatic rings. The van der Waals surface area contributed by atoms with Gasteiger partial charge in [-0.05, 0) is 44.0 Å². The molecule has 0 atom stereocenters. The highest BCUT2D eigenvalue weighted by Gasteiger charge is 2.42. The minimum Gasteiger partial charge on any atom is -0.494 e. The first-order valence-corrected chi connectivity index (χ1v) is 7.83. The van der Waals surface area contributed by atoms with E-state index in [4.69, 9.17) is 9.84 Å². The third-order valence-corrected chi connectivity index (χ3v) is 4.79. The second-order valence-electron chi connectivity index (χ2n) is 4.89. The van der Waals surface area contributed by atoms with Crippen molar-refractivity contribution in [3.63, 3.8) is 0 Å². The predicted octanol–water partition coefficient (Wildman–Crippen LogP) is 1.14. The fourth-order valence-corrected chi connectivity index (χ4v) is 2.94. The summed E-state index contributed by atoms with van der Waals surface area (Å²) in [5, 5.41) is 9.17. The highest BCUT2D eigenvalue weighted by atomic mass is 32.2. The quantitative estimate of drug-likeness (QED) is 0.787. The molecule has 2 N–H and O–H groups in total. The van der Waals surface area contributed by atoms with Crippen molar-refractivity contribution >= 4 is 10.0 Å². The van der Waals surface area contributed by atoms with Crippen LogP contribution in [-0.2, 0) is 10.0 Å². The van der Waals surface area contributed by atoms with Crippen LogP contribution in [0.4, 0.5) is 0 Å². The number of ether oxygens (including phenoxy) is 1. The number of nitrogens with one attached hydrogen (secondary N) is 1. The molecule has 1 saturated carbocycles. The molecular weight excluding hydrogens is 266 g/mol. The van der Waals surface area contributed by atoms with E-state index < -0.39 is 10.0 Å². The molecule has 19 heavy (non-hydrogen) atoms. The SMILES string of the molecule is CCOc1ccc(S(=O)(=O)NCC2(CO)CC2)cc1. The van der Waals surface area contributed by atoms with Gasteiger partial charge >= 0.3 is 0 Å². The Labute approximate surface area is 113 Å². The molecule has 0 unspecified atom stereocenters. The van der Waals surface area contributed by atoms with Crippen LogP contribution in [0.2, 0.25) is 0 Å². The summed E-state index contributed by atoms with van der Waals surface area (Å²) in [5.41, 5.74) is -0.238. The van der Waals surface area contributed by atoms with E-state index in [1.54, 1.807) is 12.1 Å². The molecule has 1 aliphatic rings. The normalized spacial score (nSPS) is 17.2. The monoisotopic (exact) mass is 285 g/mol. The van der Waals surface area contributed by atoms with Crippen LogP contribution in [0.25, 0.3) is 0 Å². The van der Waals surface area contributed by atoms with E-state index in [1.807, 2.05) is 6.92 Å². The molecule has 5 nitrogen and oxygen atoms in total. The first kappa shape index (κ1) is 14.3. The minimum atomic E-state index is -3.51. The maximum absolute atomic E-state index is 12.1. The molecule has 0 spiro atoms. The van der Waals surface area contributed by atoms with Crippen molar-refractivity contribution in [1.29, 1.82) is 0 Å². The third kappa shape index (κ3) is 3.46. The average Bonchev–Trinajstić information content (AvgIpc) is 3.18. The van der Waals surface area contributed by atoms with Crippen LogP contribution < -0.4 is 9.46 Å². The van der Waals surface area contributed by atoms with E-state index in [0.717, 1.165) is 12.8 Å². The third-order valence-electron chi connectivity index (χ3n) is 3.37. The van der Waals surface area contributed by atoms with E-state index in [2.05, 4.69) is 4.72 Å². The molecule has 1 aromatic carbocycles. The summed E-state index contributed by atoms with van der Waals surface area (Å²) >= 11 is 0. The standard InChI is InChI=1S/C13H19NO4S/c1-2-18-11-3-5-12(6-4-11)19(16,17)14-9-13(10-15)7-8-13/h3-6,14-15H,2,7-10H2,1H3. The van der Waals surface area contributed by atoms with Crippen LogP contribution in [0, 0.1) is 5.41 Å². The van der Waals surface area contributed by atoms with E-state index in [-0.39, 0.29) is 16.9 Å². The van der Waals surface area contributed by atoms with Crippen LogP contribution in [0.15, 0.2) is 29.2 Å². The van der Waals surface area contributed by atoms with Crippen LogP contribution in [0.1, 0.15) is 19.8 Å². The van der Waals surface area contributed by atoms with Gasteiger partial charge in [0.1, 0.15) is 5.75 Å². The summed E-state index contributed by atoms with van der Waals surface area (Å²) in [6.45, 7) is 2.73. The molecule has 1 aliphatic carbocycles. The predicted molar refractivity (Wildman–Crippen MR) is 71.6 cm³/mol. The summed E-state index contributed by atoms with van der Waals surface area (Å²) in [6.07, 6.45) is 1.74. The van der Waals surface area contributed by atoms with Gasteiger partial charge in [0.25, 0.3) is 0 Å². The zero-order chi connectivity index (χ0) is 13.9. The van der Waals surface area contributed by atoms with Gasteiger partial charge in [0.15, 0.2) is 0 Å². The van der Waals surface area contributed by atoms with Crippen LogP contribution in [0.3, 0.4) is 0 Å². The Balaban J connectivity index is 2.02. The zero-order valence-electron chi connectivity index (χ0n) is 10.9. The van der Waals surface area contributed by atoms with Gasteiger partial charge in [-0.15, -0.1) is 0 Å². The Morgan fingerprint density at radius 3 is 2.42 bits per heavy atom. The van der Waals surface area contributed by atoms with Gasteiger partial charge < -0.3 is 9.84 Å². The molecule has 106 valence electrons. The minimum absolute atomic E-state index is 0.0266. The van der Waals surface area contributed by atoms with E-state index in [9.17, 15) is 8.42 Å². The molecule has 6 heteroatoms. The summed E-state index contributed by atoms with van der Waals surface area (Å²) in [7, 11) is -3.51. The smallest absolute Gasteiger partial charge is 0.240 e. The largest absolute Gasteiger partial charge is 0.494 e.